The average molecular weight is 328 g/mol. The molecule has 0 aliphatic rings. The summed E-state index contributed by atoms with van der Waals surface area (Å²) in [6.07, 6.45) is 3.69. The van der Waals surface area contributed by atoms with Gasteiger partial charge in [0.1, 0.15) is 10.8 Å². The van der Waals surface area contributed by atoms with E-state index in [0.717, 1.165) is 29.0 Å². The van der Waals surface area contributed by atoms with Crippen molar-refractivity contribution in [3.8, 4) is 16.9 Å². The molecule has 0 aliphatic carbocycles. The predicted molar refractivity (Wildman–Crippen MR) is 94.7 cm³/mol. The maximum absolute atomic E-state index is 6.47. The van der Waals surface area contributed by atoms with Crippen LogP contribution in [0.15, 0.2) is 54.9 Å². The van der Waals surface area contributed by atoms with Crippen molar-refractivity contribution in [2.75, 3.05) is 18.6 Å². The maximum atomic E-state index is 6.47. The fourth-order valence-electron chi connectivity index (χ4n) is 2.60. The van der Waals surface area contributed by atoms with Gasteiger partial charge in [-0.05, 0) is 36.8 Å². The highest BCUT2D eigenvalue weighted by atomic mass is 35.5. The lowest BCUT2D eigenvalue weighted by Gasteiger charge is -2.25. The van der Waals surface area contributed by atoms with Crippen molar-refractivity contribution in [2.24, 2.45) is 0 Å². The predicted octanol–water partition coefficient (Wildman–Crippen LogP) is 4.90. The lowest BCUT2D eigenvalue weighted by molar-refractivity contribution is 0.415. The lowest BCUT2D eigenvalue weighted by Crippen LogP contribution is -2.16. The summed E-state index contributed by atoms with van der Waals surface area (Å²) in [6, 6.07) is 14.1. The summed E-state index contributed by atoms with van der Waals surface area (Å²) in [4.78, 5) is 2.16. The number of nitrogens with zero attached hydrogens (tertiary/aromatic N) is 2. The zero-order chi connectivity index (χ0) is 16.2. The van der Waals surface area contributed by atoms with E-state index < -0.39 is 0 Å². The normalized spacial score (nSPS) is 10.6. The first-order chi connectivity index (χ1) is 11.2. The van der Waals surface area contributed by atoms with E-state index in [0.29, 0.717) is 10.8 Å². The highest BCUT2D eigenvalue weighted by Crippen LogP contribution is 2.38. The van der Waals surface area contributed by atoms with Crippen LogP contribution >= 0.6 is 11.6 Å². The van der Waals surface area contributed by atoms with Gasteiger partial charge in [0.2, 0.25) is 0 Å². The SMILES string of the molecule is CCN(c1ccc(-c2cn[nH]c2)cc1)c1cccc(OC)c1Cl. The summed E-state index contributed by atoms with van der Waals surface area (Å²) in [7, 11) is 1.63. The van der Waals surface area contributed by atoms with Crippen LogP contribution in [0.3, 0.4) is 0 Å². The molecule has 1 heterocycles. The lowest BCUT2D eigenvalue weighted by atomic mass is 10.1. The van der Waals surface area contributed by atoms with Gasteiger partial charge in [-0.25, -0.2) is 0 Å². The molecule has 118 valence electrons. The molecular weight excluding hydrogens is 310 g/mol. The van der Waals surface area contributed by atoms with Gasteiger partial charge in [-0.1, -0.05) is 29.8 Å². The highest BCUT2D eigenvalue weighted by Gasteiger charge is 2.14. The van der Waals surface area contributed by atoms with Gasteiger partial charge in [0, 0.05) is 24.0 Å². The minimum atomic E-state index is 0.621. The fraction of sp³-hybridized carbons (Fsp3) is 0.167. The molecule has 0 atom stereocenters. The number of rotatable bonds is 5. The molecule has 0 unspecified atom stereocenters. The highest BCUT2D eigenvalue weighted by molar-refractivity contribution is 6.34. The van der Waals surface area contributed by atoms with Gasteiger partial charge in [0.15, 0.2) is 0 Å². The Labute approximate surface area is 140 Å². The average Bonchev–Trinajstić information content (AvgIpc) is 3.12. The Bertz CT molecular complexity index is 769. The zero-order valence-corrected chi connectivity index (χ0v) is 13.8. The summed E-state index contributed by atoms with van der Waals surface area (Å²) < 4.78 is 5.32. The zero-order valence-electron chi connectivity index (χ0n) is 13.1. The third-order valence-electron chi connectivity index (χ3n) is 3.78. The fourth-order valence-corrected chi connectivity index (χ4v) is 2.91. The molecule has 2 aromatic carbocycles. The van der Waals surface area contributed by atoms with Crippen molar-refractivity contribution in [1.82, 2.24) is 10.2 Å². The second-order valence-corrected chi connectivity index (χ2v) is 5.45. The number of ether oxygens (including phenoxy) is 1. The molecule has 0 saturated heterocycles. The summed E-state index contributed by atoms with van der Waals surface area (Å²) in [5.41, 5.74) is 4.20. The number of hydrogen-bond donors (Lipinski definition) is 1. The number of aromatic nitrogens is 2. The van der Waals surface area contributed by atoms with Gasteiger partial charge >= 0.3 is 0 Å². The molecule has 0 aliphatic heterocycles. The first-order valence-electron chi connectivity index (χ1n) is 7.44. The van der Waals surface area contributed by atoms with Gasteiger partial charge in [0.05, 0.1) is 19.0 Å². The molecule has 1 aromatic heterocycles. The molecule has 1 N–H and O–H groups in total. The summed E-state index contributed by atoms with van der Waals surface area (Å²) in [5.74, 6) is 0.678. The molecule has 0 saturated carbocycles. The Morgan fingerprint density at radius 2 is 1.91 bits per heavy atom. The van der Waals surface area contributed by atoms with E-state index in [4.69, 9.17) is 16.3 Å². The van der Waals surface area contributed by atoms with Crippen LogP contribution in [0, 0.1) is 0 Å². The Morgan fingerprint density at radius 3 is 2.52 bits per heavy atom. The van der Waals surface area contributed by atoms with Crippen molar-refractivity contribution < 1.29 is 4.74 Å². The molecule has 5 heteroatoms. The summed E-state index contributed by atoms with van der Waals surface area (Å²) >= 11 is 6.47. The molecule has 0 bridgehead atoms. The molecule has 23 heavy (non-hydrogen) atoms. The van der Waals surface area contributed by atoms with Crippen LogP contribution in [-0.2, 0) is 0 Å². The van der Waals surface area contributed by atoms with E-state index in [9.17, 15) is 0 Å². The quantitative estimate of drug-likeness (QED) is 0.725. The third kappa shape index (κ3) is 3.03. The molecule has 0 fully saturated rings. The third-order valence-corrected chi connectivity index (χ3v) is 4.16. The van der Waals surface area contributed by atoms with E-state index in [1.54, 1.807) is 7.11 Å². The van der Waals surface area contributed by atoms with Crippen molar-refractivity contribution in [2.45, 2.75) is 6.92 Å². The first kappa shape index (κ1) is 15.4. The van der Waals surface area contributed by atoms with Gasteiger partial charge in [-0.3, -0.25) is 5.10 Å². The number of anilines is 2. The first-order valence-corrected chi connectivity index (χ1v) is 7.81. The summed E-state index contributed by atoms with van der Waals surface area (Å²) in [5, 5.41) is 7.44. The second-order valence-electron chi connectivity index (χ2n) is 5.07. The number of nitrogens with one attached hydrogen (secondary N) is 1. The number of hydrogen-bond acceptors (Lipinski definition) is 3. The van der Waals surface area contributed by atoms with Crippen LogP contribution in [0.1, 0.15) is 6.92 Å². The number of aromatic amines is 1. The van der Waals surface area contributed by atoms with Crippen molar-refractivity contribution in [1.29, 1.82) is 0 Å². The Hall–Kier alpha value is -2.46. The summed E-state index contributed by atoms with van der Waals surface area (Å²) in [6.45, 7) is 2.90. The van der Waals surface area contributed by atoms with E-state index in [2.05, 4.69) is 46.3 Å². The molecular formula is C18H18ClN3O. The van der Waals surface area contributed by atoms with Gasteiger partial charge in [0.25, 0.3) is 0 Å². The smallest absolute Gasteiger partial charge is 0.139 e. The van der Waals surface area contributed by atoms with Crippen molar-refractivity contribution >= 4 is 23.0 Å². The topological polar surface area (TPSA) is 41.2 Å². The Morgan fingerprint density at radius 1 is 1.13 bits per heavy atom. The Kier molecular flexibility index (Phi) is 4.53. The van der Waals surface area contributed by atoms with Crippen LogP contribution in [-0.4, -0.2) is 23.9 Å². The minimum Gasteiger partial charge on any atom is -0.495 e. The maximum Gasteiger partial charge on any atom is 0.139 e. The van der Waals surface area contributed by atoms with Crippen LogP contribution in [0.5, 0.6) is 5.75 Å². The van der Waals surface area contributed by atoms with Gasteiger partial charge in [-0.15, -0.1) is 0 Å². The Balaban J connectivity index is 1.95. The van der Waals surface area contributed by atoms with Crippen LogP contribution in [0.2, 0.25) is 5.02 Å². The van der Waals surface area contributed by atoms with Crippen LogP contribution in [0.4, 0.5) is 11.4 Å². The van der Waals surface area contributed by atoms with Crippen LogP contribution < -0.4 is 9.64 Å². The molecule has 0 spiro atoms. The van der Waals surface area contributed by atoms with Gasteiger partial charge < -0.3 is 9.64 Å². The molecule has 0 amide bonds. The number of halogens is 1. The molecule has 3 rings (SSSR count). The second kappa shape index (κ2) is 6.75. The van der Waals surface area contributed by atoms with E-state index >= 15 is 0 Å². The molecule has 3 aromatic rings. The van der Waals surface area contributed by atoms with E-state index in [-0.39, 0.29) is 0 Å². The van der Waals surface area contributed by atoms with E-state index in [1.165, 1.54) is 0 Å². The minimum absolute atomic E-state index is 0.621. The van der Waals surface area contributed by atoms with Crippen molar-refractivity contribution in [3.63, 3.8) is 0 Å². The number of methoxy groups -OCH3 is 1. The monoisotopic (exact) mass is 327 g/mol. The standard InChI is InChI=1S/C18H18ClN3O/c1-3-22(16-5-4-6-17(23-2)18(16)19)15-9-7-13(8-10-15)14-11-20-21-12-14/h4-12H,3H2,1-2H3,(H,20,21). The van der Waals surface area contributed by atoms with Crippen molar-refractivity contribution in [3.05, 3.63) is 59.9 Å². The number of H-pyrrole nitrogens is 1. The molecule has 4 nitrogen and oxygen atoms in total. The largest absolute Gasteiger partial charge is 0.495 e. The molecule has 0 radical (unpaired) electrons. The number of benzene rings is 2. The van der Waals surface area contributed by atoms with E-state index in [1.807, 2.05) is 30.6 Å². The van der Waals surface area contributed by atoms with Gasteiger partial charge in [-0.2, -0.15) is 5.10 Å². The van der Waals surface area contributed by atoms with Crippen LogP contribution in [0.25, 0.3) is 11.1 Å².